The summed E-state index contributed by atoms with van der Waals surface area (Å²) >= 11 is 0. The van der Waals surface area contributed by atoms with Crippen molar-refractivity contribution < 1.29 is 32.4 Å². The maximum Gasteiger partial charge on any atom is 0.339 e. The fourth-order valence-electron chi connectivity index (χ4n) is 3.34. The van der Waals surface area contributed by atoms with Crippen LogP contribution in [0.5, 0.6) is 0 Å². The van der Waals surface area contributed by atoms with E-state index in [1.807, 2.05) is 0 Å². The van der Waals surface area contributed by atoms with Crippen molar-refractivity contribution in [1.82, 2.24) is 4.31 Å². The Morgan fingerprint density at radius 3 is 2.41 bits per heavy atom. The molecule has 1 saturated heterocycles. The number of carbonyl (C=O) groups is 2. The second-order valence-electron chi connectivity index (χ2n) is 7.79. The van der Waals surface area contributed by atoms with Crippen molar-refractivity contribution in [3.05, 3.63) is 63.2 Å². The van der Waals surface area contributed by atoms with Gasteiger partial charge in [-0.1, -0.05) is 12.1 Å². The first-order chi connectivity index (χ1) is 16.0. The number of ether oxygens (including phenoxy) is 2. The van der Waals surface area contributed by atoms with Crippen LogP contribution < -0.4 is 5.32 Å². The number of nitrogens with zero attached hydrogens (tertiary/aromatic N) is 2. The van der Waals surface area contributed by atoms with Crippen molar-refractivity contribution in [1.29, 1.82) is 0 Å². The smallest absolute Gasteiger partial charge is 0.339 e. The van der Waals surface area contributed by atoms with Gasteiger partial charge in [0.15, 0.2) is 6.10 Å². The first kappa shape index (κ1) is 25.3. The highest BCUT2D eigenvalue weighted by molar-refractivity contribution is 7.89. The molecule has 11 nitrogen and oxygen atoms in total. The van der Waals surface area contributed by atoms with E-state index in [4.69, 9.17) is 9.47 Å². The van der Waals surface area contributed by atoms with Gasteiger partial charge in [0, 0.05) is 30.4 Å². The SMILES string of the molecule is Cc1ccc(C(=O)O[C@H](C)C(=O)Nc2ccc(C)c(S(=O)(=O)N3CCOCC3)c2)cc1[N+](=O)[O-]. The third kappa shape index (κ3) is 5.58. The Morgan fingerprint density at radius 1 is 1.12 bits per heavy atom. The number of amides is 1. The van der Waals surface area contributed by atoms with Gasteiger partial charge in [-0.3, -0.25) is 14.9 Å². The van der Waals surface area contributed by atoms with Gasteiger partial charge in [0.25, 0.3) is 11.6 Å². The summed E-state index contributed by atoms with van der Waals surface area (Å²) < 4.78 is 37.7. The van der Waals surface area contributed by atoms with E-state index in [0.717, 1.165) is 6.07 Å². The van der Waals surface area contributed by atoms with Gasteiger partial charge in [0.1, 0.15) is 0 Å². The lowest BCUT2D eigenvalue weighted by molar-refractivity contribution is -0.385. The number of nitro groups is 1. The summed E-state index contributed by atoms with van der Waals surface area (Å²) in [4.78, 5) is 35.5. The Kier molecular flexibility index (Phi) is 7.64. The van der Waals surface area contributed by atoms with Gasteiger partial charge < -0.3 is 14.8 Å². The first-order valence-electron chi connectivity index (χ1n) is 10.5. The van der Waals surface area contributed by atoms with Crippen LogP contribution in [0.1, 0.15) is 28.4 Å². The number of anilines is 1. The molecule has 1 atom stereocenters. The van der Waals surface area contributed by atoms with Gasteiger partial charge in [0.05, 0.1) is 28.6 Å². The minimum Gasteiger partial charge on any atom is -0.449 e. The molecule has 1 heterocycles. The fourth-order valence-corrected chi connectivity index (χ4v) is 5.00. The molecule has 3 rings (SSSR count). The van der Waals surface area contributed by atoms with Crippen LogP contribution in [0.4, 0.5) is 11.4 Å². The minimum absolute atomic E-state index is 0.0591. The average molecular weight is 492 g/mol. The van der Waals surface area contributed by atoms with E-state index in [9.17, 15) is 28.1 Å². The standard InChI is InChI=1S/C22H25N3O8S/c1-14-4-6-17(12-19(14)25(28)29)22(27)33-16(3)21(26)23-18-7-5-15(2)20(13-18)34(30,31)24-8-10-32-11-9-24/h4-7,12-13,16H,8-11H2,1-3H3,(H,23,26)/t16-/m1/s1. The highest BCUT2D eigenvalue weighted by Gasteiger charge is 2.28. The Balaban J connectivity index is 1.72. The lowest BCUT2D eigenvalue weighted by Gasteiger charge is -2.27. The van der Waals surface area contributed by atoms with Gasteiger partial charge in [-0.15, -0.1) is 0 Å². The zero-order chi connectivity index (χ0) is 25.0. The zero-order valence-electron chi connectivity index (χ0n) is 18.9. The number of sulfonamides is 1. The van der Waals surface area contributed by atoms with Crippen molar-refractivity contribution in [2.24, 2.45) is 0 Å². The lowest BCUT2D eigenvalue weighted by Crippen LogP contribution is -2.40. The molecular formula is C22H25N3O8S. The molecule has 0 bridgehead atoms. The third-order valence-corrected chi connectivity index (χ3v) is 7.38. The molecule has 1 aliphatic rings. The second kappa shape index (κ2) is 10.3. The molecule has 0 radical (unpaired) electrons. The van der Waals surface area contributed by atoms with Crippen molar-refractivity contribution in [3.8, 4) is 0 Å². The number of nitro benzene ring substituents is 1. The van der Waals surface area contributed by atoms with E-state index in [1.165, 1.54) is 29.4 Å². The third-order valence-electron chi connectivity index (χ3n) is 5.34. The number of rotatable bonds is 7. The van der Waals surface area contributed by atoms with E-state index < -0.39 is 32.9 Å². The normalized spacial score (nSPS) is 15.4. The fraction of sp³-hybridized carbons (Fsp3) is 0.364. The van der Waals surface area contributed by atoms with E-state index in [1.54, 1.807) is 26.0 Å². The number of esters is 1. The molecule has 0 aliphatic carbocycles. The van der Waals surface area contributed by atoms with Crippen molar-refractivity contribution >= 4 is 33.3 Å². The van der Waals surface area contributed by atoms with Gasteiger partial charge in [-0.05, 0) is 44.5 Å². The summed E-state index contributed by atoms with van der Waals surface area (Å²) in [6.45, 7) is 5.63. The largest absolute Gasteiger partial charge is 0.449 e. The lowest BCUT2D eigenvalue weighted by atomic mass is 10.1. The Bertz CT molecular complexity index is 1220. The monoisotopic (exact) mass is 491 g/mol. The van der Waals surface area contributed by atoms with Gasteiger partial charge >= 0.3 is 5.97 Å². The predicted octanol–water partition coefficient (Wildman–Crippen LogP) is 2.42. The second-order valence-corrected chi connectivity index (χ2v) is 9.70. The molecule has 1 fully saturated rings. The average Bonchev–Trinajstić information content (AvgIpc) is 2.80. The van der Waals surface area contributed by atoms with Crippen LogP contribution in [0, 0.1) is 24.0 Å². The zero-order valence-corrected chi connectivity index (χ0v) is 19.8. The number of hydrogen-bond donors (Lipinski definition) is 1. The number of nitrogens with one attached hydrogen (secondary N) is 1. The summed E-state index contributed by atoms with van der Waals surface area (Å²) in [5.41, 5.74) is 0.821. The Hall–Kier alpha value is -3.35. The number of morpholine rings is 1. The summed E-state index contributed by atoms with van der Waals surface area (Å²) in [6, 6.07) is 8.36. The van der Waals surface area contributed by atoms with Crippen molar-refractivity contribution in [3.63, 3.8) is 0 Å². The maximum absolute atomic E-state index is 13.0. The number of hydrogen-bond acceptors (Lipinski definition) is 8. The topological polar surface area (TPSA) is 145 Å². The molecule has 1 amide bonds. The molecule has 0 saturated carbocycles. The molecule has 182 valence electrons. The van der Waals surface area contributed by atoms with Gasteiger partial charge in [0.2, 0.25) is 10.0 Å². The summed E-state index contributed by atoms with van der Waals surface area (Å²) in [5.74, 6) is -1.58. The van der Waals surface area contributed by atoms with Crippen LogP contribution >= 0.6 is 0 Å². The maximum atomic E-state index is 13.0. The van der Waals surface area contributed by atoms with Crippen molar-refractivity contribution in [2.45, 2.75) is 31.8 Å². The summed E-state index contributed by atoms with van der Waals surface area (Å²) in [6.07, 6.45) is -1.24. The molecule has 0 spiro atoms. The highest BCUT2D eigenvalue weighted by atomic mass is 32.2. The molecule has 34 heavy (non-hydrogen) atoms. The summed E-state index contributed by atoms with van der Waals surface area (Å²) in [5, 5.41) is 13.6. The van der Waals surface area contributed by atoms with E-state index in [0.29, 0.717) is 24.3 Å². The van der Waals surface area contributed by atoms with Gasteiger partial charge in [-0.2, -0.15) is 4.31 Å². The number of benzene rings is 2. The molecule has 0 aromatic heterocycles. The van der Waals surface area contributed by atoms with E-state index in [-0.39, 0.29) is 34.9 Å². The Labute approximate surface area is 196 Å². The molecule has 0 unspecified atom stereocenters. The van der Waals surface area contributed by atoms with Crippen molar-refractivity contribution in [2.75, 3.05) is 31.6 Å². The van der Waals surface area contributed by atoms with Gasteiger partial charge in [-0.25, -0.2) is 13.2 Å². The van der Waals surface area contributed by atoms with Crippen LogP contribution in [-0.4, -0.2) is 61.9 Å². The highest BCUT2D eigenvalue weighted by Crippen LogP contribution is 2.25. The molecule has 1 aliphatic heterocycles. The number of carbonyl (C=O) groups excluding carboxylic acids is 2. The molecule has 2 aromatic rings. The van der Waals surface area contributed by atoms with E-state index >= 15 is 0 Å². The molecular weight excluding hydrogens is 466 g/mol. The van der Waals surface area contributed by atoms with Crippen LogP contribution in [-0.2, 0) is 24.3 Å². The van der Waals surface area contributed by atoms with Crippen LogP contribution in [0.25, 0.3) is 0 Å². The summed E-state index contributed by atoms with van der Waals surface area (Å²) in [7, 11) is -3.78. The van der Waals surface area contributed by atoms with Crippen LogP contribution in [0.2, 0.25) is 0 Å². The van der Waals surface area contributed by atoms with Crippen LogP contribution in [0.15, 0.2) is 41.3 Å². The quantitative estimate of drug-likeness (QED) is 0.353. The molecule has 2 aromatic carbocycles. The molecule has 12 heteroatoms. The minimum atomic E-state index is -3.78. The van der Waals surface area contributed by atoms with E-state index in [2.05, 4.69) is 5.32 Å². The predicted molar refractivity (Wildman–Crippen MR) is 122 cm³/mol. The first-order valence-corrected chi connectivity index (χ1v) is 11.9. The van der Waals surface area contributed by atoms with Crippen LogP contribution in [0.3, 0.4) is 0 Å². The number of aryl methyl sites for hydroxylation is 2. The molecule has 1 N–H and O–H groups in total. The Morgan fingerprint density at radius 2 is 1.76 bits per heavy atom.